The summed E-state index contributed by atoms with van der Waals surface area (Å²) in [5.41, 5.74) is -2.11. The number of H-pyrrole nitrogens is 1. The molecule has 0 saturated heterocycles. The maximum absolute atomic E-state index is 12.3. The molecule has 0 atom stereocenters. The lowest BCUT2D eigenvalue weighted by atomic mass is 10.3. The smallest absolute Gasteiger partial charge is 0.403 e. The summed E-state index contributed by atoms with van der Waals surface area (Å²) in [6.07, 6.45) is -8.36. The lowest BCUT2D eigenvalue weighted by Crippen LogP contribution is -2.21. The van der Waals surface area contributed by atoms with Crippen LogP contribution in [0.25, 0.3) is 0 Å². The quantitative estimate of drug-likeness (QED) is 0.655. The predicted molar refractivity (Wildman–Crippen MR) is 51.4 cm³/mol. The molecule has 0 aromatic carbocycles. The summed E-state index contributed by atoms with van der Waals surface area (Å²) < 4.78 is 63.5. The van der Waals surface area contributed by atoms with Crippen LogP contribution in [-0.4, -0.2) is 11.3 Å². The first-order chi connectivity index (χ1) is 7.20. The van der Waals surface area contributed by atoms with Crippen molar-refractivity contribution in [3.05, 3.63) is 25.7 Å². The third kappa shape index (κ3) is 3.32. The number of pyridine rings is 1. The summed E-state index contributed by atoms with van der Waals surface area (Å²) in [5.74, 6) is -1.08. The van der Waals surface area contributed by atoms with Gasteiger partial charge in [-0.2, -0.15) is 0 Å². The van der Waals surface area contributed by atoms with Gasteiger partial charge >= 0.3 is 6.36 Å². The number of hydrogen-bond donors (Lipinski definition) is 1. The van der Waals surface area contributed by atoms with Crippen LogP contribution in [0.5, 0.6) is 5.75 Å². The molecule has 0 aliphatic heterocycles. The van der Waals surface area contributed by atoms with Crippen molar-refractivity contribution < 1.29 is 26.7 Å². The van der Waals surface area contributed by atoms with Crippen molar-refractivity contribution in [2.45, 2.75) is 12.8 Å². The molecule has 1 aromatic heterocycles. The number of nitrogens with one attached hydrogen (secondary N) is 1. The molecule has 1 rings (SSSR count). The number of aromatic nitrogens is 1. The average Bonchev–Trinajstić information content (AvgIpc) is 2.07. The molecule has 0 radical (unpaired) electrons. The fourth-order valence-corrected chi connectivity index (χ4v) is 1.59. The third-order valence-electron chi connectivity index (χ3n) is 1.41. The van der Waals surface area contributed by atoms with Gasteiger partial charge in [0.05, 0.1) is 3.57 Å². The molecular weight excluding hydrogens is 352 g/mol. The highest BCUT2D eigenvalue weighted by atomic mass is 127. The highest BCUT2D eigenvalue weighted by Gasteiger charge is 2.34. The Morgan fingerprint density at radius 3 is 2.38 bits per heavy atom. The van der Waals surface area contributed by atoms with Crippen molar-refractivity contribution in [1.29, 1.82) is 0 Å². The van der Waals surface area contributed by atoms with Crippen molar-refractivity contribution in [1.82, 2.24) is 4.98 Å². The number of ether oxygens (including phenoxy) is 1. The summed E-state index contributed by atoms with van der Waals surface area (Å²) in [4.78, 5) is 12.4. The minimum atomic E-state index is -5.10. The Morgan fingerprint density at radius 2 is 1.94 bits per heavy atom. The molecule has 1 N–H and O–H groups in total. The number of alkyl halides is 5. The third-order valence-corrected chi connectivity index (χ3v) is 2.21. The van der Waals surface area contributed by atoms with Gasteiger partial charge in [0.2, 0.25) is 5.56 Å². The molecule has 0 spiro atoms. The monoisotopic (exact) mass is 355 g/mol. The van der Waals surface area contributed by atoms with Gasteiger partial charge in [-0.05, 0) is 22.6 Å². The van der Waals surface area contributed by atoms with E-state index in [1.54, 1.807) is 4.98 Å². The van der Waals surface area contributed by atoms with Gasteiger partial charge in [0.1, 0.15) is 5.69 Å². The lowest BCUT2D eigenvalue weighted by Gasteiger charge is -2.13. The van der Waals surface area contributed by atoms with E-state index in [1.165, 1.54) is 22.6 Å². The lowest BCUT2D eigenvalue weighted by molar-refractivity contribution is -0.275. The largest absolute Gasteiger partial charge is 0.573 e. The van der Waals surface area contributed by atoms with E-state index in [0.29, 0.717) is 0 Å². The summed E-state index contributed by atoms with van der Waals surface area (Å²) >= 11 is 1.31. The molecule has 0 aliphatic carbocycles. The van der Waals surface area contributed by atoms with Gasteiger partial charge in [-0.25, -0.2) is 8.78 Å². The zero-order valence-corrected chi connectivity index (χ0v) is 9.40. The molecule has 3 nitrogen and oxygen atoms in total. The van der Waals surface area contributed by atoms with Gasteiger partial charge in [0.25, 0.3) is 6.43 Å². The molecular formula is C7H3F5INO2. The standard InChI is InChI=1S/C7H3F5INO2/c8-6(9)4-5(16-7(10,11)12)2(13)1-3(15)14-4/h1,6H,(H,14,15). The molecule has 0 aliphatic rings. The molecule has 0 bridgehead atoms. The Labute approximate surface area is 98.7 Å². The van der Waals surface area contributed by atoms with E-state index >= 15 is 0 Å². The SMILES string of the molecule is O=c1cc(I)c(OC(F)(F)F)c(C(F)F)[nH]1. The van der Waals surface area contributed by atoms with Gasteiger partial charge in [0.15, 0.2) is 5.75 Å². The normalized spacial score (nSPS) is 11.9. The zero-order chi connectivity index (χ0) is 12.5. The molecule has 1 aromatic rings. The van der Waals surface area contributed by atoms with Crippen LogP contribution in [0.4, 0.5) is 22.0 Å². The van der Waals surface area contributed by atoms with E-state index < -0.39 is 29.8 Å². The maximum Gasteiger partial charge on any atom is 0.573 e. The van der Waals surface area contributed by atoms with Crippen LogP contribution in [-0.2, 0) is 0 Å². The Kier molecular flexibility index (Phi) is 3.76. The molecule has 0 unspecified atom stereocenters. The molecule has 0 saturated carbocycles. The second-order valence-corrected chi connectivity index (χ2v) is 3.74. The van der Waals surface area contributed by atoms with Gasteiger partial charge in [0, 0.05) is 6.07 Å². The van der Waals surface area contributed by atoms with Gasteiger partial charge in [-0.15, -0.1) is 13.2 Å². The van der Waals surface area contributed by atoms with E-state index in [-0.39, 0.29) is 3.57 Å². The van der Waals surface area contributed by atoms with Crippen LogP contribution in [0.1, 0.15) is 12.1 Å². The van der Waals surface area contributed by atoms with Crippen molar-refractivity contribution in [3.8, 4) is 5.75 Å². The van der Waals surface area contributed by atoms with E-state index in [1.807, 2.05) is 0 Å². The summed E-state index contributed by atoms with van der Waals surface area (Å²) in [7, 11) is 0. The molecule has 1 heterocycles. The van der Waals surface area contributed by atoms with Crippen LogP contribution in [0, 0.1) is 3.57 Å². The number of hydrogen-bond acceptors (Lipinski definition) is 2. The summed E-state index contributed by atoms with van der Waals surface area (Å²) in [6, 6.07) is 0.730. The Morgan fingerprint density at radius 1 is 1.38 bits per heavy atom. The van der Waals surface area contributed by atoms with E-state index in [9.17, 15) is 26.7 Å². The molecule has 0 amide bonds. The minimum Gasteiger partial charge on any atom is -0.403 e. The summed E-state index contributed by atoms with van der Waals surface area (Å²) in [5, 5.41) is 0. The molecule has 0 fully saturated rings. The van der Waals surface area contributed by atoms with Crippen molar-refractivity contribution in [3.63, 3.8) is 0 Å². The van der Waals surface area contributed by atoms with Crippen molar-refractivity contribution in [2.75, 3.05) is 0 Å². The van der Waals surface area contributed by atoms with Gasteiger partial charge in [-0.3, -0.25) is 4.79 Å². The van der Waals surface area contributed by atoms with Gasteiger partial charge in [-0.1, -0.05) is 0 Å². The first kappa shape index (κ1) is 13.2. The Hall–Kier alpha value is -0.870. The Bertz CT molecular complexity index is 441. The highest BCUT2D eigenvalue weighted by molar-refractivity contribution is 14.1. The zero-order valence-electron chi connectivity index (χ0n) is 7.24. The van der Waals surface area contributed by atoms with Crippen LogP contribution < -0.4 is 10.3 Å². The van der Waals surface area contributed by atoms with Crippen LogP contribution >= 0.6 is 22.6 Å². The van der Waals surface area contributed by atoms with Crippen LogP contribution in [0.3, 0.4) is 0 Å². The first-order valence-electron chi connectivity index (χ1n) is 3.67. The highest BCUT2D eigenvalue weighted by Crippen LogP contribution is 2.33. The number of aromatic amines is 1. The molecule has 9 heteroatoms. The average molecular weight is 355 g/mol. The molecule has 90 valence electrons. The second kappa shape index (κ2) is 4.55. The van der Waals surface area contributed by atoms with Crippen LogP contribution in [0.15, 0.2) is 10.9 Å². The van der Waals surface area contributed by atoms with Crippen LogP contribution in [0.2, 0.25) is 0 Å². The molecule has 16 heavy (non-hydrogen) atoms. The Balaban J connectivity index is 3.30. The maximum atomic E-state index is 12.3. The van der Waals surface area contributed by atoms with E-state index in [0.717, 1.165) is 6.07 Å². The van der Waals surface area contributed by atoms with Gasteiger partial charge < -0.3 is 9.72 Å². The number of rotatable bonds is 2. The van der Waals surface area contributed by atoms with E-state index in [4.69, 9.17) is 0 Å². The fourth-order valence-electron chi connectivity index (χ4n) is 0.908. The van der Waals surface area contributed by atoms with Crippen molar-refractivity contribution in [2.24, 2.45) is 0 Å². The second-order valence-electron chi connectivity index (χ2n) is 2.57. The fraction of sp³-hybridized carbons (Fsp3) is 0.286. The first-order valence-corrected chi connectivity index (χ1v) is 4.75. The summed E-state index contributed by atoms with van der Waals surface area (Å²) in [6.45, 7) is 0. The number of halogens is 6. The predicted octanol–water partition coefficient (Wildman–Crippen LogP) is 2.82. The van der Waals surface area contributed by atoms with E-state index in [2.05, 4.69) is 4.74 Å². The minimum absolute atomic E-state index is 0.339. The topological polar surface area (TPSA) is 42.1 Å². The van der Waals surface area contributed by atoms with Crippen molar-refractivity contribution >= 4 is 22.6 Å².